The van der Waals surface area contributed by atoms with E-state index in [1.165, 1.54) is 10.9 Å². The summed E-state index contributed by atoms with van der Waals surface area (Å²) in [4.78, 5) is 29.4. The smallest absolute Gasteiger partial charge is 0.265 e. The van der Waals surface area contributed by atoms with Crippen molar-refractivity contribution < 1.29 is 9.53 Å². The van der Waals surface area contributed by atoms with Crippen molar-refractivity contribution in [2.75, 3.05) is 13.7 Å². The van der Waals surface area contributed by atoms with Crippen LogP contribution in [0.1, 0.15) is 24.2 Å². The molecule has 0 saturated heterocycles. The van der Waals surface area contributed by atoms with Gasteiger partial charge in [-0.3, -0.25) is 14.2 Å². The van der Waals surface area contributed by atoms with Crippen LogP contribution in [-0.2, 0) is 0 Å². The van der Waals surface area contributed by atoms with Gasteiger partial charge in [0.05, 0.1) is 23.7 Å². The standard InChI is InChI=1S/C20H21N3O3/c1-13(2)11-21-19(24)14-7-8-17-18(9-14)22-12-23(20(17)25)15-5-4-6-16(10-15)26-3/h4-10,12-13H,11H2,1-3H3,(H,21,24). The summed E-state index contributed by atoms with van der Waals surface area (Å²) in [6, 6.07) is 12.1. The van der Waals surface area contributed by atoms with Crippen LogP contribution in [-0.4, -0.2) is 29.1 Å². The molecule has 0 fully saturated rings. The molecule has 134 valence electrons. The van der Waals surface area contributed by atoms with Crippen molar-refractivity contribution in [1.29, 1.82) is 0 Å². The summed E-state index contributed by atoms with van der Waals surface area (Å²) < 4.78 is 6.67. The Kier molecular flexibility index (Phi) is 5.02. The van der Waals surface area contributed by atoms with Crippen LogP contribution in [0.15, 0.2) is 53.6 Å². The minimum Gasteiger partial charge on any atom is -0.497 e. The van der Waals surface area contributed by atoms with Crippen molar-refractivity contribution in [1.82, 2.24) is 14.9 Å². The van der Waals surface area contributed by atoms with Crippen LogP contribution >= 0.6 is 0 Å². The largest absolute Gasteiger partial charge is 0.497 e. The summed E-state index contributed by atoms with van der Waals surface area (Å²) >= 11 is 0. The Balaban J connectivity index is 1.99. The molecule has 1 aromatic heterocycles. The molecule has 6 nitrogen and oxygen atoms in total. The highest BCUT2D eigenvalue weighted by Gasteiger charge is 2.11. The number of benzene rings is 2. The number of methoxy groups -OCH3 is 1. The predicted molar refractivity (Wildman–Crippen MR) is 101 cm³/mol. The Hall–Kier alpha value is -3.15. The van der Waals surface area contributed by atoms with Gasteiger partial charge in [0.15, 0.2) is 0 Å². The molecule has 0 spiro atoms. The molecule has 1 amide bonds. The highest BCUT2D eigenvalue weighted by atomic mass is 16.5. The van der Waals surface area contributed by atoms with Crippen LogP contribution in [0.5, 0.6) is 5.75 Å². The van der Waals surface area contributed by atoms with E-state index in [-0.39, 0.29) is 11.5 Å². The van der Waals surface area contributed by atoms with Gasteiger partial charge in [-0.1, -0.05) is 19.9 Å². The van der Waals surface area contributed by atoms with Gasteiger partial charge in [-0.15, -0.1) is 0 Å². The number of hydrogen-bond donors (Lipinski definition) is 1. The number of carbonyl (C=O) groups excluding carboxylic acids is 1. The third kappa shape index (κ3) is 3.59. The number of fused-ring (bicyclic) bond motifs is 1. The maximum Gasteiger partial charge on any atom is 0.265 e. The lowest BCUT2D eigenvalue weighted by Crippen LogP contribution is -2.27. The summed E-state index contributed by atoms with van der Waals surface area (Å²) in [5.41, 5.74) is 1.45. The number of nitrogens with one attached hydrogen (secondary N) is 1. The fourth-order valence-corrected chi connectivity index (χ4v) is 2.61. The van der Waals surface area contributed by atoms with Gasteiger partial charge in [0.25, 0.3) is 11.5 Å². The normalized spacial score (nSPS) is 10.9. The fraction of sp³-hybridized carbons (Fsp3) is 0.250. The second-order valence-corrected chi connectivity index (χ2v) is 6.46. The number of rotatable bonds is 5. The van der Waals surface area contributed by atoms with Crippen molar-refractivity contribution in [3.8, 4) is 11.4 Å². The highest BCUT2D eigenvalue weighted by Crippen LogP contribution is 2.16. The first-order chi connectivity index (χ1) is 12.5. The van der Waals surface area contributed by atoms with Crippen LogP contribution in [0, 0.1) is 5.92 Å². The van der Waals surface area contributed by atoms with E-state index in [9.17, 15) is 9.59 Å². The Morgan fingerprint density at radius 3 is 2.77 bits per heavy atom. The minimum atomic E-state index is -0.197. The lowest BCUT2D eigenvalue weighted by Gasteiger charge is -2.10. The van der Waals surface area contributed by atoms with Gasteiger partial charge < -0.3 is 10.1 Å². The van der Waals surface area contributed by atoms with E-state index >= 15 is 0 Å². The minimum absolute atomic E-state index is 0.167. The second-order valence-electron chi connectivity index (χ2n) is 6.46. The fourth-order valence-electron chi connectivity index (χ4n) is 2.61. The number of carbonyl (C=O) groups is 1. The Morgan fingerprint density at radius 1 is 1.23 bits per heavy atom. The zero-order valence-corrected chi connectivity index (χ0v) is 15.0. The first kappa shape index (κ1) is 17.7. The Bertz CT molecular complexity index is 1010. The second kappa shape index (κ2) is 7.39. The topological polar surface area (TPSA) is 73.2 Å². The number of ether oxygens (including phenoxy) is 1. The molecule has 3 rings (SSSR count). The number of nitrogens with zero attached hydrogens (tertiary/aromatic N) is 2. The maximum absolute atomic E-state index is 12.8. The van der Waals surface area contributed by atoms with Crippen LogP contribution in [0.4, 0.5) is 0 Å². The van der Waals surface area contributed by atoms with Crippen LogP contribution < -0.4 is 15.6 Å². The highest BCUT2D eigenvalue weighted by molar-refractivity contribution is 5.97. The van der Waals surface area contributed by atoms with Crippen molar-refractivity contribution in [3.05, 3.63) is 64.7 Å². The quantitative estimate of drug-likeness (QED) is 0.767. The third-order valence-electron chi connectivity index (χ3n) is 4.02. The number of amides is 1. The van der Waals surface area contributed by atoms with Crippen molar-refractivity contribution in [3.63, 3.8) is 0 Å². The SMILES string of the molecule is COc1cccc(-n2cnc3cc(C(=O)NCC(C)C)ccc3c2=O)c1. The summed E-state index contributed by atoms with van der Waals surface area (Å²) in [7, 11) is 1.58. The lowest BCUT2D eigenvalue weighted by atomic mass is 10.1. The zero-order chi connectivity index (χ0) is 18.7. The monoisotopic (exact) mass is 351 g/mol. The molecule has 6 heteroatoms. The molecule has 0 aliphatic carbocycles. The molecule has 0 aliphatic rings. The summed E-state index contributed by atoms with van der Waals surface area (Å²) in [6.07, 6.45) is 1.47. The molecular weight excluding hydrogens is 330 g/mol. The molecule has 2 aromatic carbocycles. The molecule has 3 aromatic rings. The first-order valence-electron chi connectivity index (χ1n) is 8.43. The number of aromatic nitrogens is 2. The average Bonchev–Trinajstić information content (AvgIpc) is 2.66. The van der Waals surface area contributed by atoms with E-state index in [0.29, 0.717) is 40.4 Å². The van der Waals surface area contributed by atoms with Gasteiger partial charge in [0.1, 0.15) is 12.1 Å². The molecule has 0 saturated carbocycles. The molecular formula is C20H21N3O3. The van der Waals surface area contributed by atoms with Gasteiger partial charge in [-0.25, -0.2) is 4.98 Å². The van der Waals surface area contributed by atoms with E-state index in [4.69, 9.17) is 4.74 Å². The molecule has 1 N–H and O–H groups in total. The molecule has 0 unspecified atom stereocenters. The molecule has 26 heavy (non-hydrogen) atoms. The molecule has 0 radical (unpaired) electrons. The van der Waals surface area contributed by atoms with Crippen LogP contribution in [0.25, 0.3) is 16.6 Å². The Morgan fingerprint density at radius 2 is 2.04 bits per heavy atom. The van der Waals surface area contributed by atoms with E-state index in [2.05, 4.69) is 10.3 Å². The van der Waals surface area contributed by atoms with Gasteiger partial charge in [0, 0.05) is 18.2 Å². The van der Waals surface area contributed by atoms with Crippen LogP contribution in [0.2, 0.25) is 0 Å². The summed E-state index contributed by atoms with van der Waals surface area (Å²) in [5, 5.41) is 3.32. The summed E-state index contributed by atoms with van der Waals surface area (Å²) in [5.74, 6) is 0.860. The average molecular weight is 351 g/mol. The summed E-state index contributed by atoms with van der Waals surface area (Å²) in [6.45, 7) is 4.66. The molecule has 0 bridgehead atoms. The maximum atomic E-state index is 12.8. The first-order valence-corrected chi connectivity index (χ1v) is 8.43. The molecule has 1 heterocycles. The van der Waals surface area contributed by atoms with Crippen LogP contribution in [0.3, 0.4) is 0 Å². The molecule has 0 atom stereocenters. The van der Waals surface area contributed by atoms with Gasteiger partial charge >= 0.3 is 0 Å². The lowest BCUT2D eigenvalue weighted by molar-refractivity contribution is 0.0949. The van der Waals surface area contributed by atoms with E-state index < -0.39 is 0 Å². The van der Waals surface area contributed by atoms with E-state index in [0.717, 1.165) is 0 Å². The third-order valence-corrected chi connectivity index (χ3v) is 4.02. The Labute approximate surface area is 151 Å². The van der Waals surface area contributed by atoms with Gasteiger partial charge in [-0.2, -0.15) is 0 Å². The van der Waals surface area contributed by atoms with Crippen molar-refractivity contribution >= 4 is 16.8 Å². The molecule has 0 aliphatic heterocycles. The predicted octanol–water partition coefficient (Wildman–Crippen LogP) is 2.78. The van der Waals surface area contributed by atoms with Crippen molar-refractivity contribution in [2.45, 2.75) is 13.8 Å². The van der Waals surface area contributed by atoms with E-state index in [1.807, 2.05) is 32.0 Å². The van der Waals surface area contributed by atoms with Crippen molar-refractivity contribution in [2.24, 2.45) is 5.92 Å². The zero-order valence-electron chi connectivity index (χ0n) is 15.0. The van der Waals surface area contributed by atoms with Gasteiger partial charge in [-0.05, 0) is 36.2 Å². The van der Waals surface area contributed by atoms with Gasteiger partial charge in [0.2, 0.25) is 0 Å². The van der Waals surface area contributed by atoms with E-state index in [1.54, 1.807) is 31.4 Å². The number of hydrogen-bond acceptors (Lipinski definition) is 4.